The Labute approximate surface area is 119 Å². The summed E-state index contributed by atoms with van der Waals surface area (Å²) >= 11 is 0. The minimum absolute atomic E-state index is 0.0534. The van der Waals surface area contributed by atoms with E-state index in [0.29, 0.717) is 18.3 Å². The molecule has 3 rings (SSSR count). The molecule has 6 heteroatoms. The number of likely N-dealkylation sites (tertiary alicyclic amines) is 1. The van der Waals surface area contributed by atoms with Gasteiger partial charge in [-0.1, -0.05) is 0 Å². The zero-order valence-electron chi connectivity index (χ0n) is 12.0. The highest BCUT2D eigenvalue weighted by molar-refractivity contribution is 5.77. The molecule has 6 nitrogen and oxygen atoms in total. The maximum absolute atomic E-state index is 12.3. The molecule has 2 N–H and O–H groups in total. The van der Waals surface area contributed by atoms with Crippen LogP contribution >= 0.6 is 0 Å². The molecule has 2 heterocycles. The standard InChI is InChI=1S/C14H23N5O/c1-18-9-16-17-14(18)11-3-2-6-19(8-11)13(20)7-12(15)10-4-5-10/h9-12H,2-8,15H2,1H3. The Morgan fingerprint density at radius 2 is 2.30 bits per heavy atom. The van der Waals surface area contributed by atoms with Crippen molar-refractivity contribution in [2.45, 2.75) is 44.1 Å². The number of piperidine rings is 1. The molecule has 0 bridgehead atoms. The van der Waals surface area contributed by atoms with Gasteiger partial charge in [-0.25, -0.2) is 0 Å². The first kappa shape index (κ1) is 13.5. The van der Waals surface area contributed by atoms with Crippen LogP contribution in [0.1, 0.15) is 43.8 Å². The number of hydrogen-bond donors (Lipinski definition) is 1. The summed E-state index contributed by atoms with van der Waals surface area (Å²) < 4.78 is 1.95. The summed E-state index contributed by atoms with van der Waals surface area (Å²) in [6, 6.07) is 0.0534. The summed E-state index contributed by atoms with van der Waals surface area (Å²) in [6.07, 6.45) is 6.70. The Morgan fingerprint density at radius 3 is 2.95 bits per heavy atom. The van der Waals surface area contributed by atoms with Gasteiger partial charge in [0.2, 0.25) is 5.91 Å². The summed E-state index contributed by atoms with van der Waals surface area (Å²) in [6.45, 7) is 1.60. The second-order valence-electron chi connectivity index (χ2n) is 6.18. The minimum Gasteiger partial charge on any atom is -0.342 e. The molecular formula is C14H23N5O. The molecule has 2 unspecified atom stereocenters. The molecule has 2 fully saturated rings. The lowest BCUT2D eigenvalue weighted by Crippen LogP contribution is -2.42. The molecule has 1 aliphatic heterocycles. The van der Waals surface area contributed by atoms with E-state index in [1.54, 1.807) is 6.33 Å². The first-order valence-corrected chi connectivity index (χ1v) is 7.52. The molecule has 1 aromatic rings. The van der Waals surface area contributed by atoms with Crippen LogP contribution < -0.4 is 5.73 Å². The minimum atomic E-state index is 0.0534. The molecule has 110 valence electrons. The van der Waals surface area contributed by atoms with Crippen LogP contribution in [0.4, 0.5) is 0 Å². The number of nitrogens with two attached hydrogens (primary N) is 1. The lowest BCUT2D eigenvalue weighted by molar-refractivity contribution is -0.132. The van der Waals surface area contributed by atoms with Crippen LogP contribution in [0, 0.1) is 5.92 Å². The largest absolute Gasteiger partial charge is 0.342 e. The molecular weight excluding hydrogens is 254 g/mol. The van der Waals surface area contributed by atoms with Gasteiger partial charge in [-0.15, -0.1) is 10.2 Å². The highest BCUT2D eigenvalue weighted by atomic mass is 16.2. The molecule has 1 saturated carbocycles. The Balaban J connectivity index is 1.59. The number of nitrogens with zero attached hydrogens (tertiary/aromatic N) is 4. The number of carbonyl (C=O) groups excluding carboxylic acids is 1. The quantitative estimate of drug-likeness (QED) is 0.876. The van der Waals surface area contributed by atoms with Crippen LogP contribution in [-0.4, -0.2) is 44.7 Å². The van der Waals surface area contributed by atoms with Gasteiger partial charge in [0, 0.05) is 38.5 Å². The SMILES string of the molecule is Cn1cnnc1C1CCCN(C(=O)CC(N)C2CC2)C1. The highest BCUT2D eigenvalue weighted by Gasteiger charge is 2.33. The number of rotatable bonds is 4. The van der Waals surface area contributed by atoms with Gasteiger partial charge in [-0.2, -0.15) is 0 Å². The van der Waals surface area contributed by atoms with Crippen molar-refractivity contribution in [3.63, 3.8) is 0 Å². The van der Waals surface area contributed by atoms with Gasteiger partial charge in [-0.3, -0.25) is 4.79 Å². The third-order valence-corrected chi connectivity index (χ3v) is 4.52. The Hall–Kier alpha value is -1.43. The second-order valence-corrected chi connectivity index (χ2v) is 6.18. The molecule has 0 spiro atoms. The van der Waals surface area contributed by atoms with E-state index in [1.165, 1.54) is 12.8 Å². The van der Waals surface area contributed by atoms with Crippen molar-refractivity contribution >= 4 is 5.91 Å². The fraction of sp³-hybridized carbons (Fsp3) is 0.786. The van der Waals surface area contributed by atoms with Gasteiger partial charge in [-0.05, 0) is 31.6 Å². The van der Waals surface area contributed by atoms with E-state index >= 15 is 0 Å². The van der Waals surface area contributed by atoms with Gasteiger partial charge in [0.25, 0.3) is 0 Å². The molecule has 1 saturated heterocycles. The van der Waals surface area contributed by atoms with Crippen molar-refractivity contribution in [3.05, 3.63) is 12.2 Å². The second kappa shape index (κ2) is 5.52. The van der Waals surface area contributed by atoms with E-state index in [0.717, 1.165) is 31.8 Å². The van der Waals surface area contributed by atoms with E-state index in [9.17, 15) is 4.79 Å². The lowest BCUT2D eigenvalue weighted by atomic mass is 9.96. The number of aromatic nitrogens is 3. The smallest absolute Gasteiger partial charge is 0.224 e. The van der Waals surface area contributed by atoms with Crippen LogP contribution in [0.25, 0.3) is 0 Å². The average molecular weight is 277 g/mol. The Bertz CT molecular complexity index is 482. The van der Waals surface area contributed by atoms with Crippen molar-refractivity contribution in [2.24, 2.45) is 18.7 Å². The van der Waals surface area contributed by atoms with Gasteiger partial charge in [0.05, 0.1) is 0 Å². The summed E-state index contributed by atoms with van der Waals surface area (Å²) in [4.78, 5) is 14.3. The van der Waals surface area contributed by atoms with Gasteiger partial charge >= 0.3 is 0 Å². The average Bonchev–Trinajstić information content (AvgIpc) is 3.21. The zero-order valence-corrected chi connectivity index (χ0v) is 12.0. The van der Waals surface area contributed by atoms with Crippen LogP contribution in [0.2, 0.25) is 0 Å². The molecule has 1 amide bonds. The number of hydrogen-bond acceptors (Lipinski definition) is 4. The molecule has 2 aliphatic rings. The van der Waals surface area contributed by atoms with E-state index in [-0.39, 0.29) is 11.9 Å². The van der Waals surface area contributed by atoms with Crippen LogP contribution in [0.5, 0.6) is 0 Å². The van der Waals surface area contributed by atoms with E-state index < -0.39 is 0 Å². The fourth-order valence-electron chi connectivity index (χ4n) is 3.10. The van der Waals surface area contributed by atoms with E-state index in [2.05, 4.69) is 10.2 Å². The van der Waals surface area contributed by atoms with Crippen molar-refractivity contribution in [1.82, 2.24) is 19.7 Å². The number of carbonyl (C=O) groups is 1. The third-order valence-electron chi connectivity index (χ3n) is 4.52. The number of aryl methyl sites for hydroxylation is 1. The van der Waals surface area contributed by atoms with Crippen molar-refractivity contribution in [2.75, 3.05) is 13.1 Å². The summed E-state index contributed by atoms with van der Waals surface area (Å²) in [7, 11) is 1.96. The van der Waals surface area contributed by atoms with Crippen molar-refractivity contribution in [3.8, 4) is 0 Å². The predicted molar refractivity (Wildman–Crippen MR) is 74.9 cm³/mol. The molecule has 0 radical (unpaired) electrons. The monoisotopic (exact) mass is 277 g/mol. The molecule has 2 atom stereocenters. The highest BCUT2D eigenvalue weighted by Crippen LogP contribution is 2.33. The molecule has 1 aromatic heterocycles. The molecule has 20 heavy (non-hydrogen) atoms. The van der Waals surface area contributed by atoms with Crippen molar-refractivity contribution < 1.29 is 4.79 Å². The summed E-state index contributed by atoms with van der Waals surface area (Å²) in [5, 5.41) is 8.12. The normalized spacial score (nSPS) is 24.7. The third kappa shape index (κ3) is 2.85. The number of amides is 1. The molecule has 1 aliphatic carbocycles. The van der Waals surface area contributed by atoms with Gasteiger partial charge < -0.3 is 15.2 Å². The summed E-state index contributed by atoms with van der Waals surface area (Å²) in [5.74, 6) is 2.07. The topological polar surface area (TPSA) is 77.0 Å². The predicted octanol–water partition coefficient (Wildman–Crippen LogP) is 0.648. The molecule has 0 aromatic carbocycles. The maximum atomic E-state index is 12.3. The van der Waals surface area contributed by atoms with E-state index in [4.69, 9.17) is 5.73 Å². The van der Waals surface area contributed by atoms with Crippen LogP contribution in [-0.2, 0) is 11.8 Å². The summed E-state index contributed by atoms with van der Waals surface area (Å²) in [5.41, 5.74) is 6.07. The zero-order chi connectivity index (χ0) is 14.1. The van der Waals surface area contributed by atoms with Gasteiger partial charge in [0.1, 0.15) is 12.2 Å². The van der Waals surface area contributed by atoms with E-state index in [1.807, 2.05) is 16.5 Å². The first-order valence-electron chi connectivity index (χ1n) is 7.52. The lowest BCUT2D eigenvalue weighted by Gasteiger charge is -2.32. The van der Waals surface area contributed by atoms with Gasteiger partial charge in [0.15, 0.2) is 0 Å². The Kier molecular flexibility index (Phi) is 3.74. The maximum Gasteiger partial charge on any atom is 0.224 e. The fourth-order valence-corrected chi connectivity index (χ4v) is 3.10. The van der Waals surface area contributed by atoms with Crippen LogP contribution in [0.3, 0.4) is 0 Å². The van der Waals surface area contributed by atoms with Crippen LogP contribution in [0.15, 0.2) is 6.33 Å². The van der Waals surface area contributed by atoms with Crippen molar-refractivity contribution in [1.29, 1.82) is 0 Å². The Morgan fingerprint density at radius 1 is 1.50 bits per heavy atom. The first-order chi connectivity index (χ1) is 9.65.